The molecule has 3 heterocycles. The standard InChI is InChI=1S/C31H36FN7O2/c1-20-15-21(32)5-11-27(20)39(18-25-19-41-14-13-36(25)2)24-9-7-23(8-10-24)37(3)30-26(17-34)31(40)38(4)28-12-6-22(16-33)35-29(28)30/h5-6,11-12,15,23-25H,7-10,13-14,18-19H2,1-4H3/t23-,24-,25?. The third kappa shape index (κ3) is 5.50. The number of aryl methyl sites for hydroxylation is 2. The van der Waals surface area contributed by atoms with Crippen LogP contribution < -0.4 is 15.4 Å². The van der Waals surface area contributed by atoms with Crippen molar-refractivity contribution in [2.24, 2.45) is 7.05 Å². The van der Waals surface area contributed by atoms with E-state index < -0.39 is 0 Å². The summed E-state index contributed by atoms with van der Waals surface area (Å²) in [6.07, 6.45) is 3.47. The van der Waals surface area contributed by atoms with Crippen molar-refractivity contribution in [3.8, 4) is 12.1 Å². The number of hydrogen-bond acceptors (Lipinski definition) is 8. The highest BCUT2D eigenvalue weighted by molar-refractivity contribution is 5.92. The monoisotopic (exact) mass is 557 g/mol. The van der Waals surface area contributed by atoms with Crippen molar-refractivity contribution in [2.45, 2.75) is 50.7 Å². The summed E-state index contributed by atoms with van der Waals surface area (Å²) in [4.78, 5) is 24.4. The van der Waals surface area contributed by atoms with E-state index in [1.807, 2.05) is 24.9 Å². The Morgan fingerprint density at radius 1 is 1.10 bits per heavy atom. The summed E-state index contributed by atoms with van der Waals surface area (Å²) in [5, 5.41) is 19.5. The van der Waals surface area contributed by atoms with E-state index in [4.69, 9.17) is 4.74 Å². The number of rotatable bonds is 6. The third-order valence-corrected chi connectivity index (χ3v) is 8.85. The maximum Gasteiger partial charge on any atom is 0.270 e. The lowest BCUT2D eigenvalue weighted by atomic mass is 9.88. The van der Waals surface area contributed by atoms with Gasteiger partial charge in [0.25, 0.3) is 5.56 Å². The maximum atomic E-state index is 14.0. The summed E-state index contributed by atoms with van der Waals surface area (Å²) < 4.78 is 21.2. The summed E-state index contributed by atoms with van der Waals surface area (Å²) in [6, 6.07) is 13.1. The first-order valence-corrected chi connectivity index (χ1v) is 14.1. The van der Waals surface area contributed by atoms with Crippen molar-refractivity contribution in [2.75, 3.05) is 50.2 Å². The number of nitriles is 2. The lowest BCUT2D eigenvalue weighted by Gasteiger charge is -2.44. The normalized spacial score (nSPS) is 21.3. The molecule has 5 rings (SSSR count). The predicted molar refractivity (Wildman–Crippen MR) is 157 cm³/mol. The Labute approximate surface area is 240 Å². The summed E-state index contributed by atoms with van der Waals surface area (Å²) in [5.41, 5.74) is 3.40. The SMILES string of the molecule is Cc1cc(F)ccc1N(CC1COCCN1C)[C@H]1CC[C@H](N(C)c2c(C#N)c(=O)n(C)c3ccc(C#N)nc23)CC1. The van der Waals surface area contributed by atoms with Gasteiger partial charge in [-0.05, 0) is 75.5 Å². The zero-order valence-electron chi connectivity index (χ0n) is 24.1. The first kappa shape index (κ1) is 28.5. The van der Waals surface area contributed by atoms with Crippen LogP contribution in [-0.4, -0.2) is 73.0 Å². The molecule has 41 heavy (non-hydrogen) atoms. The summed E-state index contributed by atoms with van der Waals surface area (Å²) in [7, 11) is 5.66. The molecule has 3 aromatic rings. The Morgan fingerprint density at radius 2 is 1.83 bits per heavy atom. The van der Waals surface area contributed by atoms with Crippen molar-refractivity contribution >= 4 is 22.4 Å². The van der Waals surface area contributed by atoms with Crippen molar-refractivity contribution in [3.63, 3.8) is 0 Å². The molecule has 2 aliphatic rings. The van der Waals surface area contributed by atoms with E-state index in [9.17, 15) is 19.7 Å². The number of halogens is 1. The van der Waals surface area contributed by atoms with E-state index in [2.05, 4.69) is 34.0 Å². The molecule has 0 amide bonds. The van der Waals surface area contributed by atoms with Gasteiger partial charge in [0.05, 0.1) is 30.5 Å². The molecule has 0 spiro atoms. The first-order chi connectivity index (χ1) is 19.7. The van der Waals surface area contributed by atoms with Crippen LogP contribution in [0.15, 0.2) is 35.1 Å². The molecule has 1 saturated heterocycles. The number of ether oxygens (including phenoxy) is 1. The van der Waals surface area contributed by atoms with Gasteiger partial charge in [-0.1, -0.05) is 0 Å². The van der Waals surface area contributed by atoms with Gasteiger partial charge in [0, 0.05) is 45.0 Å². The molecule has 1 aliphatic carbocycles. The number of hydrogen-bond donors (Lipinski definition) is 0. The number of fused-ring (bicyclic) bond motifs is 1. The highest BCUT2D eigenvalue weighted by atomic mass is 19.1. The van der Waals surface area contributed by atoms with Gasteiger partial charge in [-0.3, -0.25) is 9.69 Å². The van der Waals surface area contributed by atoms with Gasteiger partial charge in [0.15, 0.2) is 0 Å². The van der Waals surface area contributed by atoms with E-state index in [0.29, 0.717) is 23.3 Å². The summed E-state index contributed by atoms with van der Waals surface area (Å²) in [6.45, 7) is 5.01. The number of nitrogens with zero attached hydrogens (tertiary/aromatic N) is 7. The minimum absolute atomic E-state index is 0.0381. The largest absolute Gasteiger partial charge is 0.378 e. The van der Waals surface area contributed by atoms with Gasteiger partial charge in [-0.15, -0.1) is 0 Å². The molecule has 0 N–H and O–H groups in total. The van der Waals surface area contributed by atoms with Crippen LogP contribution >= 0.6 is 0 Å². The van der Waals surface area contributed by atoms with E-state index >= 15 is 0 Å². The van der Waals surface area contributed by atoms with Crippen LogP contribution in [0.4, 0.5) is 15.8 Å². The molecule has 2 fully saturated rings. The summed E-state index contributed by atoms with van der Waals surface area (Å²) >= 11 is 0. The number of benzene rings is 1. The van der Waals surface area contributed by atoms with Crippen LogP contribution in [0.3, 0.4) is 0 Å². The number of morpholine rings is 1. The van der Waals surface area contributed by atoms with Crippen molar-refractivity contribution in [1.29, 1.82) is 10.5 Å². The Bertz CT molecular complexity index is 1580. The third-order valence-electron chi connectivity index (χ3n) is 8.85. The molecule has 1 aromatic carbocycles. The molecule has 9 nitrogen and oxygen atoms in total. The molecule has 1 unspecified atom stereocenters. The molecule has 1 aliphatic heterocycles. The molecular formula is C31H36FN7O2. The van der Waals surface area contributed by atoms with E-state index in [0.717, 1.165) is 56.6 Å². The molecule has 0 radical (unpaired) electrons. The van der Waals surface area contributed by atoms with Crippen molar-refractivity contribution in [1.82, 2.24) is 14.5 Å². The predicted octanol–water partition coefficient (Wildman–Crippen LogP) is 3.71. The van der Waals surface area contributed by atoms with Gasteiger partial charge < -0.3 is 19.1 Å². The lowest BCUT2D eigenvalue weighted by molar-refractivity contribution is 0.00791. The van der Waals surface area contributed by atoms with Crippen molar-refractivity contribution in [3.05, 3.63) is 63.3 Å². The number of pyridine rings is 2. The van der Waals surface area contributed by atoms with Crippen molar-refractivity contribution < 1.29 is 9.13 Å². The van der Waals surface area contributed by atoms with E-state index in [1.165, 1.54) is 10.6 Å². The zero-order valence-corrected chi connectivity index (χ0v) is 24.1. The second kappa shape index (κ2) is 11.9. The van der Waals surface area contributed by atoms with Gasteiger partial charge in [-0.25, -0.2) is 9.37 Å². The molecular weight excluding hydrogens is 521 g/mol. The fourth-order valence-corrected chi connectivity index (χ4v) is 6.38. The molecule has 10 heteroatoms. The van der Waals surface area contributed by atoms with Crippen LogP contribution in [-0.2, 0) is 11.8 Å². The fourth-order valence-electron chi connectivity index (χ4n) is 6.38. The van der Waals surface area contributed by atoms with Gasteiger partial charge in [-0.2, -0.15) is 10.5 Å². The topological polar surface area (TPSA) is 101 Å². The number of aromatic nitrogens is 2. The average molecular weight is 558 g/mol. The molecule has 1 atom stereocenters. The Kier molecular flexibility index (Phi) is 8.25. The molecule has 0 bridgehead atoms. The molecule has 214 valence electrons. The van der Waals surface area contributed by atoms with Crippen LogP contribution in [0.1, 0.15) is 42.5 Å². The van der Waals surface area contributed by atoms with Crippen LogP contribution in [0.2, 0.25) is 0 Å². The highest BCUT2D eigenvalue weighted by Gasteiger charge is 2.33. The van der Waals surface area contributed by atoms with Gasteiger partial charge in [0.1, 0.15) is 34.7 Å². The Morgan fingerprint density at radius 3 is 2.49 bits per heavy atom. The van der Waals surface area contributed by atoms with Crippen LogP contribution in [0.25, 0.3) is 11.0 Å². The number of anilines is 2. The minimum atomic E-state index is -0.376. The Hall–Kier alpha value is -3.99. The lowest BCUT2D eigenvalue weighted by Crippen LogP contribution is -2.53. The number of likely N-dealkylation sites (N-methyl/N-ethyl adjacent to an activating group) is 1. The highest BCUT2D eigenvalue weighted by Crippen LogP contribution is 2.36. The second-order valence-electron chi connectivity index (χ2n) is 11.2. The van der Waals surface area contributed by atoms with Gasteiger partial charge >= 0.3 is 0 Å². The summed E-state index contributed by atoms with van der Waals surface area (Å²) in [5.74, 6) is -0.239. The quantitative estimate of drug-likeness (QED) is 0.452. The first-order valence-electron chi connectivity index (χ1n) is 14.1. The van der Waals surface area contributed by atoms with Crippen LogP contribution in [0.5, 0.6) is 0 Å². The molecule has 1 saturated carbocycles. The molecule has 2 aromatic heterocycles. The van der Waals surface area contributed by atoms with Gasteiger partial charge in [0.2, 0.25) is 0 Å². The Balaban J connectivity index is 1.43. The smallest absolute Gasteiger partial charge is 0.270 e. The zero-order chi connectivity index (χ0) is 29.3. The minimum Gasteiger partial charge on any atom is -0.378 e. The van der Waals surface area contributed by atoms with Crippen LogP contribution in [0, 0.1) is 35.4 Å². The van der Waals surface area contributed by atoms with E-state index in [-0.39, 0.29) is 40.8 Å². The average Bonchev–Trinajstić information content (AvgIpc) is 2.98. The maximum absolute atomic E-state index is 14.0. The van der Waals surface area contributed by atoms with E-state index in [1.54, 1.807) is 25.2 Å². The second-order valence-corrected chi connectivity index (χ2v) is 11.2. The fraction of sp³-hybridized carbons (Fsp3) is 0.484.